The molecule has 0 aromatic heterocycles. The highest BCUT2D eigenvalue weighted by molar-refractivity contribution is 5.24. The Morgan fingerprint density at radius 1 is 0.765 bits per heavy atom. The van der Waals surface area contributed by atoms with Crippen LogP contribution < -0.4 is 0 Å². The van der Waals surface area contributed by atoms with E-state index in [4.69, 9.17) is 0 Å². The lowest BCUT2D eigenvalue weighted by atomic mass is 9.23. The summed E-state index contributed by atoms with van der Waals surface area (Å²) in [5.74, 6) is 3.86. The van der Waals surface area contributed by atoms with E-state index < -0.39 is 0 Å². The van der Waals surface area contributed by atoms with Gasteiger partial charge in [0, 0.05) is 0 Å². The van der Waals surface area contributed by atoms with Crippen molar-refractivity contribution in [3.63, 3.8) is 0 Å². The standard InChI is InChI=1S/C17H30/c1-11(2)15(5)7-13-9-17(12(3)4)10-14(8-15)16(13,17)6/h11-14H,7-10H2,1-6H3. The molecule has 98 valence electrons. The largest absolute Gasteiger partial charge is 0.0623 e. The molecular weight excluding hydrogens is 204 g/mol. The van der Waals surface area contributed by atoms with Gasteiger partial charge in [0.15, 0.2) is 0 Å². The van der Waals surface area contributed by atoms with E-state index in [1.165, 1.54) is 12.8 Å². The zero-order chi connectivity index (χ0) is 12.6. The van der Waals surface area contributed by atoms with Crippen molar-refractivity contribution in [2.45, 2.75) is 67.2 Å². The van der Waals surface area contributed by atoms with Crippen LogP contribution >= 0.6 is 0 Å². The lowest BCUT2D eigenvalue weighted by Crippen LogP contribution is -2.74. The first kappa shape index (κ1) is 12.1. The normalized spacial score (nSPS) is 56.5. The molecule has 0 nitrogen and oxygen atoms in total. The first-order valence-corrected chi connectivity index (χ1v) is 7.76. The van der Waals surface area contributed by atoms with Crippen LogP contribution in [-0.4, -0.2) is 0 Å². The van der Waals surface area contributed by atoms with Crippen molar-refractivity contribution in [2.75, 3.05) is 0 Å². The molecule has 3 aliphatic carbocycles. The van der Waals surface area contributed by atoms with Gasteiger partial charge in [-0.1, -0.05) is 41.5 Å². The first-order chi connectivity index (χ1) is 7.76. The fraction of sp³-hybridized carbons (Fsp3) is 1.00. The van der Waals surface area contributed by atoms with Crippen molar-refractivity contribution in [3.05, 3.63) is 0 Å². The topological polar surface area (TPSA) is 0 Å². The van der Waals surface area contributed by atoms with E-state index in [-0.39, 0.29) is 0 Å². The second-order valence-electron chi connectivity index (χ2n) is 8.61. The van der Waals surface area contributed by atoms with Gasteiger partial charge in [0.2, 0.25) is 0 Å². The van der Waals surface area contributed by atoms with Crippen LogP contribution in [0.4, 0.5) is 0 Å². The van der Waals surface area contributed by atoms with E-state index in [0.29, 0.717) is 5.41 Å². The van der Waals surface area contributed by atoms with E-state index in [1.807, 2.05) is 0 Å². The van der Waals surface area contributed by atoms with Crippen LogP contribution in [0, 0.1) is 39.9 Å². The molecule has 3 saturated carbocycles. The Balaban J connectivity index is 1.85. The highest BCUT2D eigenvalue weighted by Gasteiger charge is 2.76. The Labute approximate surface area is 108 Å². The summed E-state index contributed by atoms with van der Waals surface area (Å²) in [6, 6.07) is 0. The van der Waals surface area contributed by atoms with Gasteiger partial charge in [0.25, 0.3) is 0 Å². The number of hydrogen-bond acceptors (Lipinski definition) is 0. The summed E-state index contributed by atoms with van der Waals surface area (Å²) in [6.45, 7) is 15.0. The zero-order valence-corrected chi connectivity index (χ0v) is 12.6. The lowest BCUT2D eigenvalue weighted by Gasteiger charge is -2.81. The third-order valence-corrected chi connectivity index (χ3v) is 7.91. The molecule has 3 aliphatic rings. The van der Waals surface area contributed by atoms with Crippen LogP contribution in [0.1, 0.15) is 67.2 Å². The minimum atomic E-state index is 0.637. The van der Waals surface area contributed by atoms with Crippen LogP contribution in [-0.2, 0) is 0 Å². The SMILES string of the molecule is CC(C)C1(C)CC2CC3(C(C)C)CC(C1)C23C. The Kier molecular flexibility index (Phi) is 2.21. The predicted molar refractivity (Wildman–Crippen MR) is 73.8 cm³/mol. The van der Waals surface area contributed by atoms with Gasteiger partial charge >= 0.3 is 0 Å². The Bertz CT molecular complexity index is 320. The fourth-order valence-electron chi connectivity index (χ4n) is 6.05. The second kappa shape index (κ2) is 3.11. The minimum Gasteiger partial charge on any atom is -0.0623 e. The third-order valence-electron chi connectivity index (χ3n) is 7.91. The van der Waals surface area contributed by atoms with Gasteiger partial charge in [-0.05, 0) is 65.6 Å². The van der Waals surface area contributed by atoms with E-state index in [0.717, 1.165) is 34.5 Å². The summed E-state index contributed by atoms with van der Waals surface area (Å²) in [4.78, 5) is 0. The second-order valence-corrected chi connectivity index (χ2v) is 8.61. The maximum Gasteiger partial charge on any atom is -0.0209 e. The summed E-state index contributed by atoms with van der Waals surface area (Å²) in [6.07, 6.45) is 6.10. The smallest absolute Gasteiger partial charge is 0.0209 e. The molecule has 0 aromatic carbocycles. The van der Waals surface area contributed by atoms with Crippen LogP contribution in [0.2, 0.25) is 0 Å². The Morgan fingerprint density at radius 2 is 1.24 bits per heavy atom. The van der Waals surface area contributed by atoms with E-state index >= 15 is 0 Å². The maximum absolute atomic E-state index is 2.63. The van der Waals surface area contributed by atoms with E-state index in [2.05, 4.69) is 41.5 Å². The molecule has 3 fully saturated rings. The minimum absolute atomic E-state index is 0.637. The van der Waals surface area contributed by atoms with Crippen molar-refractivity contribution in [3.8, 4) is 0 Å². The molecule has 0 heteroatoms. The van der Waals surface area contributed by atoms with Gasteiger partial charge in [0.05, 0.1) is 0 Å². The zero-order valence-electron chi connectivity index (χ0n) is 12.6. The average molecular weight is 234 g/mol. The quantitative estimate of drug-likeness (QED) is 0.621. The highest BCUT2D eigenvalue weighted by atomic mass is 14.8. The van der Waals surface area contributed by atoms with Gasteiger partial charge in [-0.2, -0.15) is 0 Å². The fourth-order valence-corrected chi connectivity index (χ4v) is 6.05. The summed E-state index contributed by atoms with van der Waals surface area (Å²) in [5.41, 5.74) is 2.12. The molecular formula is C17H30. The number of hydrogen-bond donors (Lipinski definition) is 0. The molecule has 0 radical (unpaired) electrons. The lowest BCUT2D eigenvalue weighted by molar-refractivity contribution is -0.328. The van der Waals surface area contributed by atoms with Gasteiger partial charge in [-0.3, -0.25) is 0 Å². The highest BCUT2D eigenvalue weighted by Crippen LogP contribution is 2.83. The Hall–Kier alpha value is 0. The van der Waals surface area contributed by atoms with Crippen LogP contribution in [0.25, 0.3) is 0 Å². The molecule has 2 unspecified atom stereocenters. The molecule has 0 heterocycles. The molecule has 0 saturated heterocycles. The van der Waals surface area contributed by atoms with Gasteiger partial charge in [-0.15, -0.1) is 0 Å². The third kappa shape index (κ3) is 1.12. The molecule has 0 aromatic rings. The molecule has 0 bridgehead atoms. The molecule has 0 N–H and O–H groups in total. The molecule has 17 heavy (non-hydrogen) atoms. The van der Waals surface area contributed by atoms with Crippen molar-refractivity contribution < 1.29 is 0 Å². The molecule has 3 rings (SSSR count). The number of rotatable bonds is 2. The Morgan fingerprint density at radius 3 is 1.59 bits per heavy atom. The molecule has 0 spiro atoms. The molecule has 2 atom stereocenters. The molecule has 0 amide bonds. The van der Waals surface area contributed by atoms with E-state index in [1.54, 1.807) is 12.8 Å². The van der Waals surface area contributed by atoms with Crippen LogP contribution in [0.3, 0.4) is 0 Å². The van der Waals surface area contributed by atoms with Crippen molar-refractivity contribution in [1.29, 1.82) is 0 Å². The summed E-state index contributed by atoms with van der Waals surface area (Å²) in [7, 11) is 0. The molecule has 0 aliphatic heterocycles. The first-order valence-electron chi connectivity index (χ1n) is 7.76. The van der Waals surface area contributed by atoms with Gasteiger partial charge in [-0.25, -0.2) is 0 Å². The monoisotopic (exact) mass is 234 g/mol. The summed E-state index contributed by atoms with van der Waals surface area (Å²) < 4.78 is 0. The van der Waals surface area contributed by atoms with Crippen molar-refractivity contribution in [2.24, 2.45) is 39.9 Å². The van der Waals surface area contributed by atoms with Crippen molar-refractivity contribution >= 4 is 0 Å². The average Bonchev–Trinajstić information content (AvgIpc) is 2.20. The van der Waals surface area contributed by atoms with Gasteiger partial charge in [0.1, 0.15) is 0 Å². The van der Waals surface area contributed by atoms with Crippen molar-refractivity contribution in [1.82, 2.24) is 0 Å². The van der Waals surface area contributed by atoms with Crippen LogP contribution in [0.5, 0.6) is 0 Å². The summed E-state index contributed by atoms with van der Waals surface area (Å²) >= 11 is 0. The predicted octanol–water partition coefficient (Wildman–Crippen LogP) is 5.13. The summed E-state index contributed by atoms with van der Waals surface area (Å²) in [5, 5.41) is 0. The van der Waals surface area contributed by atoms with Gasteiger partial charge < -0.3 is 0 Å². The van der Waals surface area contributed by atoms with E-state index in [9.17, 15) is 0 Å². The van der Waals surface area contributed by atoms with Crippen LogP contribution in [0.15, 0.2) is 0 Å². The maximum atomic E-state index is 2.63.